The summed E-state index contributed by atoms with van der Waals surface area (Å²) in [6.45, 7) is 10.6. The summed E-state index contributed by atoms with van der Waals surface area (Å²) >= 11 is 0. The normalized spacial score (nSPS) is 11.4. The Morgan fingerprint density at radius 3 is 2.30 bits per heavy atom. The van der Waals surface area contributed by atoms with Crippen molar-refractivity contribution in [3.8, 4) is 17.2 Å². The fraction of sp³-hybridized carbons (Fsp3) is 0.333. The molecule has 0 aliphatic heterocycles. The average Bonchev–Trinajstić information content (AvgIpc) is 3.16. The predicted octanol–water partition coefficient (Wildman–Crippen LogP) is 5.83. The van der Waals surface area contributed by atoms with E-state index in [1.54, 1.807) is 13.0 Å². The SMILES string of the molecule is CCOC(=O)C(=Cc1c(C)cc(OCCc2nc(-c3ccccc3)oc2C)cc1C)OCC. The molecule has 6 heteroatoms. The molecule has 0 unspecified atom stereocenters. The summed E-state index contributed by atoms with van der Waals surface area (Å²) in [5.41, 5.74) is 4.72. The van der Waals surface area contributed by atoms with Gasteiger partial charge in [-0.05, 0) is 81.7 Å². The summed E-state index contributed by atoms with van der Waals surface area (Å²) in [5.74, 6) is 1.93. The molecular formula is C27H31NO5. The van der Waals surface area contributed by atoms with Gasteiger partial charge in [0.1, 0.15) is 11.5 Å². The minimum absolute atomic E-state index is 0.204. The lowest BCUT2D eigenvalue weighted by Gasteiger charge is -2.13. The van der Waals surface area contributed by atoms with Crippen molar-refractivity contribution in [1.82, 2.24) is 4.98 Å². The number of carbonyl (C=O) groups is 1. The fourth-order valence-corrected chi connectivity index (χ4v) is 3.52. The van der Waals surface area contributed by atoms with E-state index >= 15 is 0 Å². The lowest BCUT2D eigenvalue weighted by atomic mass is 10.0. The van der Waals surface area contributed by atoms with Crippen molar-refractivity contribution >= 4 is 12.0 Å². The van der Waals surface area contributed by atoms with Gasteiger partial charge >= 0.3 is 5.97 Å². The van der Waals surface area contributed by atoms with Crippen LogP contribution in [-0.4, -0.2) is 30.8 Å². The Bertz CT molecular complexity index is 1090. The zero-order chi connectivity index (χ0) is 23.8. The van der Waals surface area contributed by atoms with Crippen LogP contribution in [0.4, 0.5) is 0 Å². The number of oxazole rings is 1. The summed E-state index contributed by atoms with van der Waals surface area (Å²) in [6.07, 6.45) is 2.37. The number of benzene rings is 2. The van der Waals surface area contributed by atoms with Crippen LogP contribution in [0, 0.1) is 20.8 Å². The van der Waals surface area contributed by atoms with Crippen LogP contribution in [0.25, 0.3) is 17.5 Å². The number of rotatable bonds is 10. The molecule has 33 heavy (non-hydrogen) atoms. The standard InChI is InChI=1S/C27H31NO5/c1-6-30-25(27(29)31-7-2)17-23-18(3)15-22(16-19(23)4)32-14-13-24-20(5)33-26(28-24)21-11-9-8-10-12-21/h8-12,15-17H,6-7,13-14H2,1-5H3. The van der Waals surface area contributed by atoms with E-state index in [0.29, 0.717) is 32.1 Å². The first-order valence-corrected chi connectivity index (χ1v) is 11.2. The number of esters is 1. The molecule has 0 aliphatic rings. The molecule has 0 radical (unpaired) electrons. The minimum Gasteiger partial charge on any atom is -0.493 e. The van der Waals surface area contributed by atoms with E-state index < -0.39 is 5.97 Å². The maximum atomic E-state index is 12.2. The Kier molecular flexibility index (Phi) is 8.30. The van der Waals surface area contributed by atoms with Gasteiger partial charge in [0, 0.05) is 12.0 Å². The topological polar surface area (TPSA) is 70.8 Å². The van der Waals surface area contributed by atoms with Crippen LogP contribution in [0.2, 0.25) is 0 Å². The second-order valence-electron chi connectivity index (χ2n) is 7.62. The first-order valence-electron chi connectivity index (χ1n) is 11.2. The van der Waals surface area contributed by atoms with E-state index in [4.69, 9.17) is 18.6 Å². The summed E-state index contributed by atoms with van der Waals surface area (Å²) in [7, 11) is 0. The number of aromatic nitrogens is 1. The number of aryl methyl sites for hydroxylation is 3. The third-order valence-corrected chi connectivity index (χ3v) is 5.14. The van der Waals surface area contributed by atoms with Gasteiger partial charge < -0.3 is 18.6 Å². The zero-order valence-corrected chi connectivity index (χ0v) is 19.9. The molecule has 2 aromatic carbocycles. The Morgan fingerprint density at radius 1 is 1.00 bits per heavy atom. The number of carbonyl (C=O) groups excluding carboxylic acids is 1. The molecule has 0 saturated heterocycles. The molecule has 0 saturated carbocycles. The van der Waals surface area contributed by atoms with Crippen molar-refractivity contribution in [2.45, 2.75) is 41.0 Å². The summed E-state index contributed by atoms with van der Waals surface area (Å²) < 4.78 is 22.4. The van der Waals surface area contributed by atoms with Crippen molar-refractivity contribution in [3.63, 3.8) is 0 Å². The fourth-order valence-electron chi connectivity index (χ4n) is 3.52. The quantitative estimate of drug-likeness (QED) is 0.220. The third kappa shape index (κ3) is 6.25. The van der Waals surface area contributed by atoms with Crippen LogP contribution in [0.15, 0.2) is 52.6 Å². The average molecular weight is 450 g/mol. The highest BCUT2D eigenvalue weighted by molar-refractivity contribution is 5.92. The molecule has 1 aromatic heterocycles. The smallest absolute Gasteiger partial charge is 0.373 e. The summed E-state index contributed by atoms with van der Waals surface area (Å²) in [4.78, 5) is 16.8. The Labute approximate surface area is 195 Å². The van der Waals surface area contributed by atoms with Gasteiger partial charge in [0.05, 0.1) is 25.5 Å². The van der Waals surface area contributed by atoms with Gasteiger partial charge in [0.25, 0.3) is 0 Å². The number of nitrogens with zero attached hydrogens (tertiary/aromatic N) is 1. The van der Waals surface area contributed by atoms with Crippen molar-refractivity contribution in [2.24, 2.45) is 0 Å². The maximum Gasteiger partial charge on any atom is 0.373 e. The summed E-state index contributed by atoms with van der Waals surface area (Å²) in [5, 5.41) is 0. The van der Waals surface area contributed by atoms with Gasteiger partial charge in [0.2, 0.25) is 11.6 Å². The van der Waals surface area contributed by atoms with Crippen molar-refractivity contribution in [1.29, 1.82) is 0 Å². The Morgan fingerprint density at radius 2 is 1.67 bits per heavy atom. The minimum atomic E-state index is -0.462. The van der Waals surface area contributed by atoms with E-state index in [9.17, 15) is 4.79 Å². The lowest BCUT2D eigenvalue weighted by Crippen LogP contribution is -2.11. The second-order valence-corrected chi connectivity index (χ2v) is 7.62. The number of ether oxygens (including phenoxy) is 3. The zero-order valence-electron chi connectivity index (χ0n) is 19.9. The molecule has 0 bridgehead atoms. The van der Waals surface area contributed by atoms with Crippen LogP contribution in [0.3, 0.4) is 0 Å². The van der Waals surface area contributed by atoms with E-state index in [2.05, 4.69) is 4.98 Å². The molecule has 0 atom stereocenters. The first-order chi connectivity index (χ1) is 15.9. The molecule has 0 N–H and O–H groups in total. The summed E-state index contributed by atoms with van der Waals surface area (Å²) in [6, 6.07) is 13.8. The molecule has 0 fully saturated rings. The molecule has 3 aromatic rings. The molecule has 0 aliphatic carbocycles. The van der Waals surface area contributed by atoms with E-state index in [1.165, 1.54) is 0 Å². The van der Waals surface area contributed by atoms with E-state index in [1.807, 2.05) is 70.2 Å². The lowest BCUT2D eigenvalue weighted by molar-refractivity contribution is -0.142. The molecule has 3 rings (SSSR count). The van der Waals surface area contributed by atoms with Crippen molar-refractivity contribution in [3.05, 3.63) is 76.4 Å². The van der Waals surface area contributed by atoms with Crippen LogP contribution in [0.5, 0.6) is 5.75 Å². The van der Waals surface area contributed by atoms with Gasteiger partial charge in [0.15, 0.2) is 0 Å². The van der Waals surface area contributed by atoms with Gasteiger partial charge in [-0.1, -0.05) is 18.2 Å². The van der Waals surface area contributed by atoms with Gasteiger partial charge in [-0.25, -0.2) is 9.78 Å². The van der Waals surface area contributed by atoms with Crippen LogP contribution < -0.4 is 4.74 Å². The van der Waals surface area contributed by atoms with Gasteiger partial charge in [-0.3, -0.25) is 0 Å². The van der Waals surface area contributed by atoms with Gasteiger partial charge in [-0.2, -0.15) is 0 Å². The molecule has 6 nitrogen and oxygen atoms in total. The highest BCUT2D eigenvalue weighted by atomic mass is 16.6. The molecule has 0 amide bonds. The predicted molar refractivity (Wildman–Crippen MR) is 128 cm³/mol. The van der Waals surface area contributed by atoms with Gasteiger partial charge in [-0.15, -0.1) is 0 Å². The Hall–Kier alpha value is -3.54. The molecule has 0 spiro atoms. The molecule has 1 heterocycles. The van der Waals surface area contributed by atoms with Crippen LogP contribution in [-0.2, 0) is 20.7 Å². The number of hydrogen-bond acceptors (Lipinski definition) is 6. The largest absolute Gasteiger partial charge is 0.493 e. The van der Waals surface area contributed by atoms with E-state index in [-0.39, 0.29) is 5.76 Å². The Balaban J connectivity index is 1.69. The highest BCUT2D eigenvalue weighted by Crippen LogP contribution is 2.26. The van der Waals surface area contributed by atoms with Crippen molar-refractivity contribution < 1.29 is 23.4 Å². The van der Waals surface area contributed by atoms with Crippen LogP contribution >= 0.6 is 0 Å². The first kappa shape index (κ1) is 24.1. The molecule has 174 valence electrons. The van der Waals surface area contributed by atoms with Crippen LogP contribution in [0.1, 0.15) is 42.0 Å². The van der Waals surface area contributed by atoms with Crippen molar-refractivity contribution in [2.75, 3.05) is 19.8 Å². The number of hydrogen-bond donors (Lipinski definition) is 0. The monoisotopic (exact) mass is 449 g/mol. The maximum absolute atomic E-state index is 12.2. The highest BCUT2D eigenvalue weighted by Gasteiger charge is 2.15. The second kappa shape index (κ2) is 11.4. The third-order valence-electron chi connectivity index (χ3n) is 5.14. The van der Waals surface area contributed by atoms with E-state index in [0.717, 1.165) is 39.5 Å². The molecular weight excluding hydrogens is 418 g/mol.